The molecule has 1 heterocycles. The molecule has 18 heavy (non-hydrogen) atoms. The number of carbonyl (C=O) groups excluding carboxylic acids is 2. The van der Waals surface area contributed by atoms with Crippen molar-refractivity contribution < 1.29 is 14.3 Å². The Hall–Kier alpha value is -1.14. The van der Waals surface area contributed by atoms with E-state index in [2.05, 4.69) is 10.6 Å². The molecule has 0 aromatic rings. The molecule has 1 rings (SSSR count). The van der Waals surface area contributed by atoms with Gasteiger partial charge in [-0.25, -0.2) is 0 Å². The molecule has 0 bridgehead atoms. The zero-order valence-electron chi connectivity index (χ0n) is 11.4. The number of nitrogens with one attached hydrogen (secondary N) is 2. The summed E-state index contributed by atoms with van der Waals surface area (Å²) in [5.74, 6) is 0.0324. The van der Waals surface area contributed by atoms with Crippen molar-refractivity contribution >= 4 is 11.8 Å². The Labute approximate surface area is 108 Å². The second kappa shape index (κ2) is 7.33. The van der Waals surface area contributed by atoms with E-state index in [1.165, 1.54) is 7.11 Å². The molecule has 0 aromatic heterocycles. The van der Waals surface area contributed by atoms with Crippen molar-refractivity contribution in [2.24, 2.45) is 0 Å². The van der Waals surface area contributed by atoms with E-state index in [4.69, 9.17) is 4.74 Å². The highest BCUT2D eigenvalue weighted by Crippen LogP contribution is 2.11. The maximum absolute atomic E-state index is 11.9. The van der Waals surface area contributed by atoms with Crippen LogP contribution in [0.1, 0.15) is 19.8 Å². The summed E-state index contributed by atoms with van der Waals surface area (Å²) in [4.78, 5) is 25.1. The van der Waals surface area contributed by atoms with Crippen molar-refractivity contribution in [1.82, 2.24) is 15.5 Å². The first kappa shape index (κ1) is 14.9. The summed E-state index contributed by atoms with van der Waals surface area (Å²) in [6, 6.07) is 0.00576. The van der Waals surface area contributed by atoms with Crippen LogP contribution in [0.15, 0.2) is 0 Å². The van der Waals surface area contributed by atoms with Gasteiger partial charge in [-0.15, -0.1) is 0 Å². The Morgan fingerprint density at radius 1 is 1.39 bits per heavy atom. The maximum atomic E-state index is 11.9. The number of amides is 2. The molecule has 0 saturated carbocycles. The van der Waals surface area contributed by atoms with Gasteiger partial charge in [0.2, 0.25) is 11.8 Å². The molecular formula is C12H23N3O3. The van der Waals surface area contributed by atoms with Crippen LogP contribution in [-0.2, 0) is 14.3 Å². The van der Waals surface area contributed by atoms with Gasteiger partial charge in [-0.2, -0.15) is 0 Å². The predicted octanol–water partition coefficient (Wildman–Crippen LogP) is -0.652. The van der Waals surface area contributed by atoms with Crippen LogP contribution >= 0.6 is 0 Å². The van der Waals surface area contributed by atoms with Gasteiger partial charge in [0.15, 0.2) is 0 Å². The first-order valence-corrected chi connectivity index (χ1v) is 6.32. The third-order valence-electron chi connectivity index (χ3n) is 3.25. The summed E-state index contributed by atoms with van der Waals surface area (Å²) in [5.41, 5.74) is 0. The second-order valence-corrected chi connectivity index (χ2v) is 4.61. The average molecular weight is 257 g/mol. The molecular weight excluding hydrogens is 234 g/mol. The Morgan fingerprint density at radius 2 is 2.00 bits per heavy atom. The minimum atomic E-state index is -0.148. The SMILES string of the molecule is CNC(C)C(=O)N1CCC(NC(=O)COC)CC1. The number of likely N-dealkylation sites (tertiary alicyclic amines) is 1. The monoisotopic (exact) mass is 257 g/mol. The summed E-state index contributed by atoms with van der Waals surface area (Å²) in [7, 11) is 3.28. The molecule has 0 aliphatic carbocycles. The molecule has 104 valence electrons. The van der Waals surface area contributed by atoms with E-state index >= 15 is 0 Å². The molecule has 1 saturated heterocycles. The zero-order chi connectivity index (χ0) is 13.5. The van der Waals surface area contributed by atoms with Crippen LogP contribution in [0, 0.1) is 0 Å². The summed E-state index contributed by atoms with van der Waals surface area (Å²) < 4.78 is 4.77. The fourth-order valence-electron chi connectivity index (χ4n) is 2.04. The lowest BCUT2D eigenvalue weighted by Gasteiger charge is -2.33. The number of carbonyl (C=O) groups is 2. The van der Waals surface area contributed by atoms with Gasteiger partial charge in [-0.1, -0.05) is 0 Å². The van der Waals surface area contributed by atoms with E-state index < -0.39 is 0 Å². The third-order valence-corrected chi connectivity index (χ3v) is 3.25. The smallest absolute Gasteiger partial charge is 0.246 e. The first-order chi connectivity index (χ1) is 8.58. The number of hydrogen-bond donors (Lipinski definition) is 2. The van der Waals surface area contributed by atoms with Crippen molar-refractivity contribution in [3.8, 4) is 0 Å². The van der Waals surface area contributed by atoms with Crippen molar-refractivity contribution in [2.75, 3.05) is 33.9 Å². The van der Waals surface area contributed by atoms with Crippen molar-refractivity contribution in [2.45, 2.75) is 31.8 Å². The molecule has 1 fully saturated rings. The summed E-state index contributed by atoms with van der Waals surface area (Å²) in [6.07, 6.45) is 1.61. The Bertz CT molecular complexity index is 288. The Kier molecular flexibility index (Phi) is 6.07. The topological polar surface area (TPSA) is 70.7 Å². The van der Waals surface area contributed by atoms with Gasteiger partial charge in [0.25, 0.3) is 0 Å². The lowest BCUT2D eigenvalue weighted by Crippen LogP contribution is -2.51. The van der Waals surface area contributed by atoms with Crippen molar-refractivity contribution in [3.05, 3.63) is 0 Å². The Morgan fingerprint density at radius 3 is 2.50 bits per heavy atom. The van der Waals surface area contributed by atoms with Gasteiger partial charge in [-0.05, 0) is 26.8 Å². The molecule has 0 spiro atoms. The summed E-state index contributed by atoms with van der Waals surface area (Å²) >= 11 is 0. The van der Waals surface area contributed by atoms with E-state index in [9.17, 15) is 9.59 Å². The summed E-state index contributed by atoms with van der Waals surface area (Å²) in [5, 5.41) is 5.85. The van der Waals surface area contributed by atoms with E-state index in [0.717, 1.165) is 12.8 Å². The summed E-state index contributed by atoms with van der Waals surface area (Å²) in [6.45, 7) is 3.34. The normalized spacial score (nSPS) is 18.5. The minimum absolute atomic E-state index is 0.0918. The van der Waals surface area contributed by atoms with Gasteiger partial charge in [0.1, 0.15) is 6.61 Å². The largest absolute Gasteiger partial charge is 0.375 e. The molecule has 2 amide bonds. The highest BCUT2D eigenvalue weighted by atomic mass is 16.5. The van der Waals surface area contributed by atoms with Crippen molar-refractivity contribution in [3.63, 3.8) is 0 Å². The van der Waals surface area contributed by atoms with Crippen LogP contribution in [0.3, 0.4) is 0 Å². The molecule has 0 aromatic carbocycles. The third kappa shape index (κ3) is 4.27. The van der Waals surface area contributed by atoms with Gasteiger partial charge in [-0.3, -0.25) is 9.59 Å². The predicted molar refractivity (Wildman–Crippen MR) is 68.1 cm³/mol. The molecule has 1 aliphatic rings. The van der Waals surface area contributed by atoms with E-state index in [1.807, 2.05) is 11.8 Å². The van der Waals surface area contributed by atoms with Crippen molar-refractivity contribution in [1.29, 1.82) is 0 Å². The van der Waals surface area contributed by atoms with Crippen LogP contribution in [0.2, 0.25) is 0 Å². The minimum Gasteiger partial charge on any atom is -0.375 e. The highest BCUT2D eigenvalue weighted by molar-refractivity contribution is 5.81. The quantitative estimate of drug-likeness (QED) is 0.686. The van der Waals surface area contributed by atoms with Gasteiger partial charge in [0, 0.05) is 26.2 Å². The lowest BCUT2D eigenvalue weighted by atomic mass is 10.0. The van der Waals surface area contributed by atoms with Crippen LogP contribution in [0.5, 0.6) is 0 Å². The van der Waals surface area contributed by atoms with E-state index in [-0.39, 0.29) is 30.5 Å². The van der Waals surface area contributed by atoms with Gasteiger partial charge >= 0.3 is 0 Å². The number of likely N-dealkylation sites (N-methyl/N-ethyl adjacent to an activating group) is 1. The van der Waals surface area contributed by atoms with E-state index in [0.29, 0.717) is 13.1 Å². The van der Waals surface area contributed by atoms with E-state index in [1.54, 1.807) is 7.05 Å². The lowest BCUT2D eigenvalue weighted by molar-refractivity contribution is -0.134. The zero-order valence-corrected chi connectivity index (χ0v) is 11.4. The number of methoxy groups -OCH3 is 1. The molecule has 0 radical (unpaired) electrons. The Balaban J connectivity index is 2.32. The average Bonchev–Trinajstić information content (AvgIpc) is 2.38. The molecule has 6 heteroatoms. The second-order valence-electron chi connectivity index (χ2n) is 4.61. The first-order valence-electron chi connectivity index (χ1n) is 6.32. The highest BCUT2D eigenvalue weighted by Gasteiger charge is 2.25. The fraction of sp³-hybridized carbons (Fsp3) is 0.833. The van der Waals surface area contributed by atoms with Crippen LogP contribution < -0.4 is 10.6 Å². The number of piperidine rings is 1. The number of nitrogens with zero attached hydrogens (tertiary/aromatic N) is 1. The molecule has 1 aliphatic heterocycles. The number of hydrogen-bond acceptors (Lipinski definition) is 4. The number of ether oxygens (including phenoxy) is 1. The van der Waals surface area contributed by atoms with Gasteiger partial charge in [0.05, 0.1) is 6.04 Å². The number of rotatable bonds is 5. The molecule has 1 atom stereocenters. The fourth-order valence-corrected chi connectivity index (χ4v) is 2.04. The standard InChI is InChI=1S/C12H23N3O3/c1-9(13-2)12(17)15-6-4-10(5-7-15)14-11(16)8-18-3/h9-10,13H,4-8H2,1-3H3,(H,14,16). The van der Waals surface area contributed by atoms with Crippen LogP contribution in [0.25, 0.3) is 0 Å². The van der Waals surface area contributed by atoms with Crippen LogP contribution in [-0.4, -0.2) is 62.7 Å². The van der Waals surface area contributed by atoms with Gasteiger partial charge < -0.3 is 20.3 Å². The molecule has 2 N–H and O–H groups in total. The maximum Gasteiger partial charge on any atom is 0.246 e. The molecule has 1 unspecified atom stereocenters. The van der Waals surface area contributed by atoms with Crippen LogP contribution in [0.4, 0.5) is 0 Å². The molecule has 6 nitrogen and oxygen atoms in total.